The van der Waals surface area contributed by atoms with Crippen LogP contribution >= 0.6 is 0 Å². The van der Waals surface area contributed by atoms with Gasteiger partial charge in [-0.05, 0) is 69.1 Å². The second kappa shape index (κ2) is 16.6. The van der Waals surface area contributed by atoms with E-state index in [4.69, 9.17) is 10.8 Å². The van der Waals surface area contributed by atoms with Crippen LogP contribution in [-0.4, -0.2) is 71.6 Å². The second-order valence-electron chi connectivity index (χ2n) is 11.8. The molecule has 1 heterocycles. The number of aliphatic imine (C=N–C) groups is 1. The molecule has 2 aliphatic rings. The summed E-state index contributed by atoms with van der Waals surface area (Å²) in [6.07, 6.45) is 6.01. The number of rotatable bonds is 11. The lowest BCUT2D eigenvalue weighted by Crippen LogP contribution is -2.49. The van der Waals surface area contributed by atoms with Gasteiger partial charge in [0, 0.05) is 37.5 Å². The van der Waals surface area contributed by atoms with Crippen molar-refractivity contribution in [2.24, 2.45) is 16.6 Å². The van der Waals surface area contributed by atoms with Crippen LogP contribution in [-0.2, 0) is 15.3 Å². The van der Waals surface area contributed by atoms with Gasteiger partial charge in [0.1, 0.15) is 12.3 Å². The van der Waals surface area contributed by atoms with Crippen molar-refractivity contribution >= 4 is 17.4 Å². The van der Waals surface area contributed by atoms with Crippen LogP contribution < -0.4 is 5.73 Å². The number of amides is 1. The Labute approximate surface area is 252 Å². The third-order valence-electron chi connectivity index (χ3n) is 8.52. The van der Waals surface area contributed by atoms with Crippen LogP contribution in [0.5, 0.6) is 0 Å². The highest BCUT2D eigenvalue weighted by Gasteiger charge is 2.32. The number of nitrogens with zero attached hydrogens (tertiary/aromatic N) is 3. The lowest BCUT2D eigenvalue weighted by Gasteiger charge is -2.37. The molecule has 42 heavy (non-hydrogen) atoms. The maximum absolute atomic E-state index is 15.2. The number of unbranched alkanes of at least 4 members (excludes halogenated alkanes) is 1. The zero-order valence-corrected chi connectivity index (χ0v) is 26.8. The molecule has 234 valence electrons. The van der Waals surface area contributed by atoms with Gasteiger partial charge in [-0.3, -0.25) is 14.6 Å². The summed E-state index contributed by atoms with van der Waals surface area (Å²) in [5.74, 6) is 0.0767. The minimum Gasteiger partial charge on any atom is -0.397 e. The number of ketones is 1. The summed E-state index contributed by atoms with van der Waals surface area (Å²) in [7, 11) is 0. The van der Waals surface area contributed by atoms with Gasteiger partial charge in [0.05, 0.1) is 17.9 Å². The van der Waals surface area contributed by atoms with Gasteiger partial charge >= 0.3 is 0 Å². The molecule has 1 aliphatic heterocycles. The molecule has 1 amide bonds. The normalized spacial score (nSPS) is 20.6. The average molecular weight is 585 g/mol. The van der Waals surface area contributed by atoms with Crippen molar-refractivity contribution in [3.8, 4) is 0 Å². The minimum atomic E-state index is -1.12. The number of hydrogen-bond acceptors (Lipinski definition) is 6. The fourth-order valence-corrected chi connectivity index (χ4v) is 5.84. The van der Waals surface area contributed by atoms with Gasteiger partial charge in [-0.25, -0.2) is 4.39 Å². The van der Waals surface area contributed by atoms with Crippen LogP contribution in [0.3, 0.4) is 0 Å². The number of hydrogen-bond donors (Lipinski definition) is 2. The molecule has 1 saturated heterocycles. The SMILES string of the molecule is C=C(/C(N)=C1/C(=NCC(C)=O)CCC1C)N1CCN(C(=O)CO)CC1.CCCCC(F)(CCC)c1cccc(C)c1C. The number of aryl methyl sites for hydroxylation is 1. The van der Waals surface area contributed by atoms with Crippen molar-refractivity contribution in [3.63, 3.8) is 0 Å². The Morgan fingerprint density at radius 3 is 2.33 bits per heavy atom. The fraction of sp³-hybridized carbons (Fsp3) is 0.618. The van der Waals surface area contributed by atoms with E-state index < -0.39 is 12.3 Å². The van der Waals surface area contributed by atoms with Crippen LogP contribution in [0.1, 0.15) is 89.3 Å². The van der Waals surface area contributed by atoms with E-state index in [0.717, 1.165) is 60.2 Å². The summed E-state index contributed by atoms with van der Waals surface area (Å²) in [5.41, 5.74) is 11.8. The van der Waals surface area contributed by atoms with Crippen molar-refractivity contribution in [1.29, 1.82) is 0 Å². The quantitative estimate of drug-likeness (QED) is 0.344. The third kappa shape index (κ3) is 9.25. The van der Waals surface area contributed by atoms with Gasteiger partial charge in [0.2, 0.25) is 5.91 Å². The summed E-state index contributed by atoms with van der Waals surface area (Å²) < 4.78 is 15.2. The topological polar surface area (TPSA) is 99.2 Å². The molecular weight excluding hydrogens is 531 g/mol. The summed E-state index contributed by atoms with van der Waals surface area (Å²) in [5, 5.41) is 8.95. The number of halogens is 1. The minimum absolute atomic E-state index is 0.0356. The molecule has 1 aliphatic carbocycles. The molecule has 1 aromatic rings. The van der Waals surface area contributed by atoms with E-state index >= 15 is 4.39 Å². The maximum Gasteiger partial charge on any atom is 0.248 e. The predicted octanol–water partition coefficient (Wildman–Crippen LogP) is 5.77. The first-order chi connectivity index (χ1) is 19.9. The van der Waals surface area contributed by atoms with E-state index in [1.807, 2.05) is 19.1 Å². The molecule has 1 aromatic carbocycles. The Bertz CT molecular complexity index is 1150. The number of allylic oxidation sites excluding steroid dienone is 1. The monoisotopic (exact) mass is 584 g/mol. The van der Waals surface area contributed by atoms with Crippen molar-refractivity contribution in [2.75, 3.05) is 39.3 Å². The summed E-state index contributed by atoms with van der Waals surface area (Å²) in [6.45, 7) is 18.2. The molecule has 2 atom stereocenters. The zero-order valence-electron chi connectivity index (χ0n) is 26.8. The maximum atomic E-state index is 15.2. The molecular formula is C34H53FN4O3. The smallest absolute Gasteiger partial charge is 0.248 e. The molecule has 3 N–H and O–H groups in total. The van der Waals surface area contributed by atoms with Gasteiger partial charge in [0.25, 0.3) is 0 Å². The fourth-order valence-electron chi connectivity index (χ4n) is 5.84. The summed E-state index contributed by atoms with van der Waals surface area (Å²) in [6, 6.07) is 6.01. The molecule has 3 rings (SSSR count). The highest BCUT2D eigenvalue weighted by Crippen LogP contribution is 2.39. The van der Waals surface area contributed by atoms with Crippen molar-refractivity contribution < 1.29 is 19.1 Å². The number of aliphatic hydroxyl groups excluding tert-OH is 1. The largest absolute Gasteiger partial charge is 0.397 e. The Balaban J connectivity index is 0.000000317. The average Bonchev–Trinajstić information content (AvgIpc) is 3.35. The van der Waals surface area contributed by atoms with Crippen molar-refractivity contribution in [3.05, 3.63) is 58.4 Å². The number of Topliss-reactive ketones (excluding diaryl/α,β-unsaturated/α-hetero) is 1. The third-order valence-corrected chi connectivity index (χ3v) is 8.52. The van der Waals surface area contributed by atoms with Crippen LogP contribution in [0, 0.1) is 19.8 Å². The van der Waals surface area contributed by atoms with Crippen molar-refractivity contribution in [1.82, 2.24) is 9.80 Å². The number of carbonyl (C=O) groups excluding carboxylic acids is 2. The molecule has 0 radical (unpaired) electrons. The molecule has 2 fully saturated rings. The van der Waals surface area contributed by atoms with E-state index in [-0.39, 0.29) is 18.2 Å². The Morgan fingerprint density at radius 1 is 1.12 bits per heavy atom. The Hall–Kier alpha value is -3.00. The number of piperazine rings is 1. The van der Waals surface area contributed by atoms with E-state index in [0.29, 0.717) is 50.6 Å². The first kappa shape index (κ1) is 35.2. The Kier molecular flexibility index (Phi) is 13.9. The number of nitrogens with two attached hydrogens (primary N) is 1. The predicted molar refractivity (Wildman–Crippen MR) is 170 cm³/mol. The van der Waals surface area contributed by atoms with Crippen LogP contribution in [0.4, 0.5) is 4.39 Å². The highest BCUT2D eigenvalue weighted by molar-refractivity contribution is 6.04. The molecule has 0 bridgehead atoms. The number of alkyl halides is 1. The van der Waals surface area contributed by atoms with E-state index in [2.05, 4.69) is 50.2 Å². The number of carbonyl (C=O) groups is 2. The van der Waals surface area contributed by atoms with Crippen LogP contribution in [0.15, 0.2) is 46.7 Å². The Morgan fingerprint density at radius 2 is 1.76 bits per heavy atom. The summed E-state index contributed by atoms with van der Waals surface area (Å²) >= 11 is 0. The molecule has 8 heteroatoms. The number of benzene rings is 1. The van der Waals surface area contributed by atoms with E-state index in [9.17, 15) is 9.59 Å². The van der Waals surface area contributed by atoms with Gasteiger partial charge in [0.15, 0.2) is 5.78 Å². The standard InChI is InChI=1S/C18H28N4O3.C16H25F/c1-12-4-5-15(20-10-13(2)24)17(12)18(19)14(3)21-6-8-22(9-7-21)16(25)11-23;1-5-7-12-16(17,11-6-2)15-10-8-9-13(3)14(15)4/h12,23H,3-11,19H2,1-2H3;8-10H,5-7,11-12H2,1-4H3/b18-17-,20-15?;. The van der Waals surface area contributed by atoms with Gasteiger partial charge in [-0.2, -0.15) is 0 Å². The van der Waals surface area contributed by atoms with E-state index in [1.165, 1.54) is 12.5 Å². The first-order valence-electron chi connectivity index (χ1n) is 15.5. The lowest BCUT2D eigenvalue weighted by atomic mass is 9.83. The van der Waals surface area contributed by atoms with Gasteiger partial charge < -0.3 is 20.6 Å². The van der Waals surface area contributed by atoms with Crippen LogP contribution in [0.2, 0.25) is 0 Å². The number of aliphatic hydroxyl groups is 1. The lowest BCUT2D eigenvalue weighted by molar-refractivity contribution is -0.135. The second-order valence-corrected chi connectivity index (χ2v) is 11.8. The molecule has 2 unspecified atom stereocenters. The van der Waals surface area contributed by atoms with E-state index in [1.54, 1.807) is 4.90 Å². The molecule has 0 spiro atoms. The molecule has 1 saturated carbocycles. The van der Waals surface area contributed by atoms with Gasteiger partial charge in [-0.1, -0.05) is 64.8 Å². The highest BCUT2D eigenvalue weighted by atomic mass is 19.1. The first-order valence-corrected chi connectivity index (χ1v) is 15.5. The van der Waals surface area contributed by atoms with Crippen LogP contribution in [0.25, 0.3) is 0 Å². The van der Waals surface area contributed by atoms with Crippen molar-refractivity contribution in [2.45, 2.75) is 92.2 Å². The van der Waals surface area contributed by atoms with Gasteiger partial charge in [-0.15, -0.1) is 0 Å². The summed E-state index contributed by atoms with van der Waals surface area (Å²) in [4.78, 5) is 30.9. The zero-order chi connectivity index (χ0) is 31.4. The molecule has 0 aromatic heterocycles. The molecule has 7 nitrogen and oxygen atoms in total.